The lowest BCUT2D eigenvalue weighted by atomic mass is 10.2. The molecule has 0 spiro atoms. The molecule has 0 bridgehead atoms. The Balaban J connectivity index is 2.13. The minimum atomic E-state index is -0.176. The van der Waals surface area contributed by atoms with Crippen molar-refractivity contribution in [2.45, 2.75) is 19.9 Å². The van der Waals surface area contributed by atoms with Crippen LogP contribution in [0.5, 0.6) is 0 Å². The van der Waals surface area contributed by atoms with Gasteiger partial charge in [0.1, 0.15) is 0 Å². The Morgan fingerprint density at radius 1 is 1.28 bits per heavy atom. The van der Waals surface area contributed by atoms with E-state index >= 15 is 0 Å². The second-order valence-corrected chi connectivity index (χ2v) is 8.74. The van der Waals surface area contributed by atoms with Crippen LogP contribution in [0, 0.1) is 3.57 Å². The zero-order valence-corrected chi connectivity index (χ0v) is 18.0. The summed E-state index contributed by atoms with van der Waals surface area (Å²) in [5.41, 5.74) is 3.12. The summed E-state index contributed by atoms with van der Waals surface area (Å²) in [6.45, 7) is 3.01. The molecule has 3 nitrogen and oxygen atoms in total. The Morgan fingerprint density at radius 2 is 2.08 bits per heavy atom. The van der Waals surface area contributed by atoms with E-state index in [4.69, 9.17) is 0 Å². The molecule has 0 aliphatic rings. The molecule has 0 saturated carbocycles. The number of carbonyl (C=O) groups is 1. The van der Waals surface area contributed by atoms with Crippen LogP contribution in [0.4, 0.5) is 0 Å². The van der Waals surface area contributed by atoms with Gasteiger partial charge in [0.15, 0.2) is 4.80 Å². The molecule has 1 amide bonds. The molecular formula is C19H19IN2OS2. The zero-order valence-electron chi connectivity index (χ0n) is 14.2. The molecule has 0 fully saturated rings. The van der Waals surface area contributed by atoms with Gasteiger partial charge in [-0.2, -0.15) is 16.8 Å². The Kier molecular flexibility index (Phi) is 6.35. The van der Waals surface area contributed by atoms with Gasteiger partial charge in [0.2, 0.25) is 0 Å². The molecule has 25 heavy (non-hydrogen) atoms. The number of hydrogen-bond donors (Lipinski definition) is 0. The smallest absolute Gasteiger partial charge is 0.280 e. The molecular weight excluding hydrogens is 463 g/mol. The molecule has 0 radical (unpaired) electrons. The number of rotatable bonds is 5. The lowest BCUT2D eigenvalue weighted by Gasteiger charge is -2.04. The molecule has 0 unspecified atom stereocenters. The van der Waals surface area contributed by atoms with Crippen molar-refractivity contribution in [1.82, 2.24) is 4.57 Å². The number of benzene rings is 2. The third-order valence-electron chi connectivity index (χ3n) is 3.98. The molecule has 2 aromatic carbocycles. The van der Waals surface area contributed by atoms with Crippen molar-refractivity contribution in [3.63, 3.8) is 0 Å². The number of thioether (sulfide) groups is 1. The van der Waals surface area contributed by atoms with Crippen molar-refractivity contribution in [2.75, 3.05) is 12.0 Å². The maximum atomic E-state index is 12.7. The number of nitrogens with zero attached hydrogens (tertiary/aromatic N) is 2. The van der Waals surface area contributed by atoms with Crippen LogP contribution >= 0.6 is 45.7 Å². The number of amides is 1. The first-order chi connectivity index (χ1) is 12.1. The summed E-state index contributed by atoms with van der Waals surface area (Å²) in [6.07, 6.45) is 3.10. The summed E-state index contributed by atoms with van der Waals surface area (Å²) < 4.78 is 4.29. The van der Waals surface area contributed by atoms with Gasteiger partial charge in [-0.25, -0.2) is 0 Å². The van der Waals surface area contributed by atoms with E-state index < -0.39 is 0 Å². The molecule has 0 atom stereocenters. The number of aromatic nitrogens is 1. The first kappa shape index (κ1) is 18.7. The third-order valence-corrected chi connectivity index (χ3v) is 6.55. The highest BCUT2D eigenvalue weighted by Crippen LogP contribution is 2.20. The van der Waals surface area contributed by atoms with Gasteiger partial charge in [-0.05, 0) is 65.1 Å². The summed E-state index contributed by atoms with van der Waals surface area (Å²) >= 11 is 5.58. The summed E-state index contributed by atoms with van der Waals surface area (Å²) in [6, 6.07) is 14.1. The average Bonchev–Trinajstić information content (AvgIpc) is 2.96. The normalized spacial score (nSPS) is 12.0. The van der Waals surface area contributed by atoms with Crippen LogP contribution in [0.15, 0.2) is 47.5 Å². The van der Waals surface area contributed by atoms with E-state index in [1.807, 2.05) is 24.3 Å². The monoisotopic (exact) mass is 482 g/mol. The van der Waals surface area contributed by atoms with Gasteiger partial charge in [-0.3, -0.25) is 4.79 Å². The van der Waals surface area contributed by atoms with Crippen LogP contribution in [0.3, 0.4) is 0 Å². The lowest BCUT2D eigenvalue weighted by Crippen LogP contribution is -2.18. The van der Waals surface area contributed by atoms with Gasteiger partial charge < -0.3 is 4.57 Å². The molecule has 3 rings (SSSR count). The predicted octanol–water partition coefficient (Wildman–Crippen LogP) is 4.97. The molecule has 6 heteroatoms. The van der Waals surface area contributed by atoms with Crippen LogP contribution in [0.1, 0.15) is 22.8 Å². The lowest BCUT2D eigenvalue weighted by molar-refractivity contribution is 0.0997. The van der Waals surface area contributed by atoms with Crippen LogP contribution in [0.2, 0.25) is 0 Å². The summed E-state index contributed by atoms with van der Waals surface area (Å²) in [7, 11) is 0. The number of thiazole rings is 1. The van der Waals surface area contributed by atoms with E-state index in [0.717, 1.165) is 32.6 Å². The van der Waals surface area contributed by atoms with Crippen molar-refractivity contribution < 1.29 is 4.79 Å². The highest BCUT2D eigenvalue weighted by Gasteiger charge is 2.11. The van der Waals surface area contributed by atoms with Gasteiger partial charge in [-0.15, -0.1) is 0 Å². The zero-order chi connectivity index (χ0) is 17.8. The van der Waals surface area contributed by atoms with Crippen molar-refractivity contribution >= 4 is 61.8 Å². The predicted molar refractivity (Wildman–Crippen MR) is 117 cm³/mol. The number of hydrogen-bond acceptors (Lipinski definition) is 3. The first-order valence-corrected chi connectivity index (χ1v) is 11.4. The van der Waals surface area contributed by atoms with Gasteiger partial charge >= 0.3 is 0 Å². The second kappa shape index (κ2) is 8.51. The fraction of sp³-hybridized carbons (Fsp3) is 0.263. The Hall–Kier alpha value is -1.12. The van der Waals surface area contributed by atoms with Crippen LogP contribution < -0.4 is 4.80 Å². The minimum Gasteiger partial charge on any atom is -0.316 e. The van der Waals surface area contributed by atoms with Crippen LogP contribution in [0.25, 0.3) is 10.2 Å². The van der Waals surface area contributed by atoms with E-state index in [2.05, 4.69) is 63.5 Å². The fourth-order valence-electron chi connectivity index (χ4n) is 2.60. The largest absolute Gasteiger partial charge is 0.316 e. The van der Waals surface area contributed by atoms with Crippen molar-refractivity contribution in [3.05, 3.63) is 62.0 Å². The van der Waals surface area contributed by atoms with Gasteiger partial charge in [0.25, 0.3) is 5.91 Å². The quantitative estimate of drug-likeness (QED) is 0.481. The van der Waals surface area contributed by atoms with E-state index in [0.29, 0.717) is 5.56 Å². The van der Waals surface area contributed by atoms with Gasteiger partial charge in [0.05, 0.1) is 15.8 Å². The molecule has 0 N–H and O–H groups in total. The number of halogens is 1. The second-order valence-electron chi connectivity index (χ2n) is 5.58. The van der Waals surface area contributed by atoms with Crippen LogP contribution in [-0.2, 0) is 13.0 Å². The first-order valence-electron chi connectivity index (χ1n) is 8.08. The topological polar surface area (TPSA) is 34.4 Å². The van der Waals surface area contributed by atoms with E-state index in [1.165, 1.54) is 10.3 Å². The standard InChI is InChI=1S/C19H19IN2OS2/c1-3-13-8-9-16-17(12-13)25-19(22(16)10-11-24-2)21-18(23)14-6-4-5-7-15(14)20/h4-9,12H,3,10-11H2,1-2H3. The SMILES string of the molecule is CCc1ccc2c(c1)sc(=NC(=O)c1ccccc1I)n2CCSC. The van der Waals surface area contributed by atoms with Gasteiger partial charge in [-0.1, -0.05) is 36.5 Å². The maximum absolute atomic E-state index is 12.7. The Bertz CT molecular complexity index is 975. The molecule has 0 aliphatic heterocycles. The third kappa shape index (κ3) is 4.17. The number of fused-ring (bicyclic) bond motifs is 1. The summed E-state index contributed by atoms with van der Waals surface area (Å²) in [5.74, 6) is 0.816. The summed E-state index contributed by atoms with van der Waals surface area (Å²) in [5, 5.41) is 0. The molecule has 3 aromatic rings. The molecule has 130 valence electrons. The fourth-order valence-corrected chi connectivity index (χ4v) is 4.70. The Labute approximate surface area is 169 Å². The Morgan fingerprint density at radius 3 is 2.80 bits per heavy atom. The van der Waals surface area contributed by atoms with E-state index in [1.54, 1.807) is 23.1 Å². The molecule has 0 saturated heterocycles. The van der Waals surface area contributed by atoms with E-state index in [9.17, 15) is 4.79 Å². The number of aryl methyl sites for hydroxylation is 2. The molecule has 0 aliphatic carbocycles. The molecule has 1 aromatic heterocycles. The average molecular weight is 482 g/mol. The minimum absolute atomic E-state index is 0.176. The summed E-state index contributed by atoms with van der Waals surface area (Å²) in [4.78, 5) is 17.9. The van der Waals surface area contributed by atoms with Crippen molar-refractivity contribution in [1.29, 1.82) is 0 Å². The van der Waals surface area contributed by atoms with Gasteiger partial charge in [0, 0.05) is 15.9 Å². The highest BCUT2D eigenvalue weighted by atomic mass is 127. The maximum Gasteiger partial charge on any atom is 0.280 e. The van der Waals surface area contributed by atoms with E-state index in [-0.39, 0.29) is 5.91 Å². The van der Waals surface area contributed by atoms with Crippen molar-refractivity contribution in [2.24, 2.45) is 4.99 Å². The number of carbonyl (C=O) groups excluding carboxylic acids is 1. The molecule has 1 heterocycles. The van der Waals surface area contributed by atoms with Crippen LogP contribution in [-0.4, -0.2) is 22.5 Å². The highest BCUT2D eigenvalue weighted by molar-refractivity contribution is 14.1. The van der Waals surface area contributed by atoms with Crippen molar-refractivity contribution in [3.8, 4) is 0 Å².